The van der Waals surface area contributed by atoms with Crippen LogP contribution in [0.1, 0.15) is 38.7 Å². The van der Waals surface area contributed by atoms with Gasteiger partial charge in [0.05, 0.1) is 4.90 Å². The molecule has 2 aliphatic rings. The summed E-state index contributed by atoms with van der Waals surface area (Å²) in [5, 5.41) is 0. The van der Waals surface area contributed by atoms with Crippen molar-refractivity contribution in [1.82, 2.24) is 4.31 Å². The van der Waals surface area contributed by atoms with Crippen molar-refractivity contribution in [2.75, 3.05) is 24.5 Å². The number of nitrogens with zero attached hydrogens (tertiary/aromatic N) is 2. The first-order valence-corrected chi connectivity index (χ1v) is 9.81. The first-order valence-electron chi connectivity index (χ1n) is 8.37. The third kappa shape index (κ3) is 3.02. The van der Waals surface area contributed by atoms with E-state index >= 15 is 0 Å². The maximum absolute atomic E-state index is 12.9. The summed E-state index contributed by atoms with van der Waals surface area (Å²) in [5.41, 5.74) is 1.81. The summed E-state index contributed by atoms with van der Waals surface area (Å²) >= 11 is 0. The fourth-order valence-corrected chi connectivity index (χ4v) is 5.21. The number of benzene rings is 1. The first kappa shape index (κ1) is 16.5. The van der Waals surface area contributed by atoms with Crippen LogP contribution in [0.4, 0.5) is 5.69 Å². The van der Waals surface area contributed by atoms with Crippen LogP contribution in [0, 0.1) is 5.92 Å². The van der Waals surface area contributed by atoms with Gasteiger partial charge in [-0.1, -0.05) is 6.92 Å². The number of carbonyl (C=O) groups is 1. The number of hydrogen-bond acceptors (Lipinski definition) is 3. The number of anilines is 1. The number of carbonyl (C=O) groups excluding carboxylic acids is 1. The molecule has 0 N–H and O–H groups in total. The van der Waals surface area contributed by atoms with Gasteiger partial charge in [0.2, 0.25) is 15.9 Å². The molecule has 2 aliphatic heterocycles. The molecule has 0 aromatic heterocycles. The second-order valence-electron chi connectivity index (χ2n) is 6.54. The highest BCUT2D eigenvalue weighted by atomic mass is 32.2. The molecule has 0 spiro atoms. The Balaban J connectivity index is 1.94. The smallest absolute Gasteiger partial charge is 0.243 e. The molecule has 3 rings (SSSR count). The van der Waals surface area contributed by atoms with Gasteiger partial charge in [-0.2, -0.15) is 4.31 Å². The highest BCUT2D eigenvalue weighted by Gasteiger charge is 2.30. The molecule has 5 nitrogen and oxygen atoms in total. The molecular weight excluding hydrogens is 312 g/mol. The van der Waals surface area contributed by atoms with Crippen molar-refractivity contribution in [1.29, 1.82) is 0 Å². The minimum atomic E-state index is -3.44. The Bertz CT molecular complexity index is 715. The van der Waals surface area contributed by atoms with Crippen LogP contribution in [0.5, 0.6) is 0 Å². The molecule has 1 fully saturated rings. The molecule has 1 saturated heterocycles. The highest BCUT2D eigenvalue weighted by molar-refractivity contribution is 7.89. The second kappa shape index (κ2) is 6.24. The van der Waals surface area contributed by atoms with E-state index in [2.05, 4.69) is 6.92 Å². The standard InChI is InChI=1S/C17H24N2O3S/c1-3-19-16-8-7-15(11-14(16)6-9-17(19)20)23(21,22)18-10-4-5-13(2)12-18/h7-8,11,13H,3-6,9-10,12H2,1-2H3/t13-/m0/s1. The number of amides is 1. The second-order valence-corrected chi connectivity index (χ2v) is 8.48. The van der Waals surface area contributed by atoms with Gasteiger partial charge >= 0.3 is 0 Å². The summed E-state index contributed by atoms with van der Waals surface area (Å²) < 4.78 is 27.4. The third-order valence-corrected chi connectivity index (χ3v) is 6.69. The molecule has 1 aromatic carbocycles. The lowest BCUT2D eigenvalue weighted by Crippen LogP contribution is -2.39. The van der Waals surface area contributed by atoms with Gasteiger partial charge in [0.1, 0.15) is 0 Å². The molecule has 126 valence electrons. The molecule has 1 atom stereocenters. The quantitative estimate of drug-likeness (QED) is 0.852. The predicted octanol–water partition coefficient (Wildman–Crippen LogP) is 2.41. The van der Waals surface area contributed by atoms with E-state index in [0.29, 0.717) is 43.3 Å². The van der Waals surface area contributed by atoms with Crippen molar-refractivity contribution in [3.63, 3.8) is 0 Å². The summed E-state index contributed by atoms with van der Waals surface area (Å²) in [7, 11) is -3.44. The Kier molecular flexibility index (Phi) is 4.47. The number of hydrogen-bond donors (Lipinski definition) is 0. The SMILES string of the molecule is CCN1C(=O)CCc2cc(S(=O)(=O)N3CCC[C@H](C)C3)ccc21. The number of fused-ring (bicyclic) bond motifs is 1. The Morgan fingerprint density at radius 1 is 1.26 bits per heavy atom. The molecule has 2 heterocycles. The van der Waals surface area contributed by atoms with E-state index in [1.54, 1.807) is 27.4 Å². The van der Waals surface area contributed by atoms with Gasteiger partial charge in [-0.25, -0.2) is 8.42 Å². The van der Waals surface area contributed by atoms with Crippen LogP contribution >= 0.6 is 0 Å². The van der Waals surface area contributed by atoms with E-state index in [0.717, 1.165) is 24.1 Å². The summed E-state index contributed by atoms with van der Waals surface area (Å²) in [4.78, 5) is 14.0. The number of piperidine rings is 1. The monoisotopic (exact) mass is 336 g/mol. The van der Waals surface area contributed by atoms with Crippen molar-refractivity contribution in [3.05, 3.63) is 23.8 Å². The topological polar surface area (TPSA) is 57.7 Å². The average Bonchev–Trinajstić information content (AvgIpc) is 2.54. The lowest BCUT2D eigenvalue weighted by atomic mass is 10.0. The first-order chi connectivity index (χ1) is 10.9. The molecular formula is C17H24N2O3S. The van der Waals surface area contributed by atoms with Gasteiger partial charge in [0.15, 0.2) is 0 Å². The van der Waals surface area contributed by atoms with Gasteiger partial charge in [-0.05, 0) is 55.9 Å². The molecule has 0 unspecified atom stereocenters. The summed E-state index contributed by atoms with van der Waals surface area (Å²) in [6, 6.07) is 5.20. The summed E-state index contributed by atoms with van der Waals surface area (Å²) in [5.74, 6) is 0.518. The lowest BCUT2D eigenvalue weighted by Gasteiger charge is -2.31. The maximum Gasteiger partial charge on any atom is 0.243 e. The predicted molar refractivity (Wildman–Crippen MR) is 89.9 cm³/mol. The molecule has 0 radical (unpaired) electrons. The Hall–Kier alpha value is -1.40. The molecule has 1 aromatic rings. The van der Waals surface area contributed by atoms with Crippen molar-refractivity contribution in [2.24, 2.45) is 5.92 Å². The fourth-order valence-electron chi connectivity index (χ4n) is 3.56. The molecule has 0 bridgehead atoms. The van der Waals surface area contributed by atoms with Crippen molar-refractivity contribution in [3.8, 4) is 0 Å². The number of sulfonamides is 1. The number of rotatable bonds is 3. The van der Waals surface area contributed by atoms with Crippen LogP contribution in [0.2, 0.25) is 0 Å². The van der Waals surface area contributed by atoms with Crippen molar-refractivity contribution >= 4 is 21.6 Å². The Labute approximate surface area is 138 Å². The van der Waals surface area contributed by atoms with E-state index < -0.39 is 10.0 Å². The van der Waals surface area contributed by atoms with E-state index in [4.69, 9.17) is 0 Å². The normalized spacial score (nSPS) is 23.0. The molecule has 1 amide bonds. The van der Waals surface area contributed by atoms with Crippen LogP contribution in [0.15, 0.2) is 23.1 Å². The van der Waals surface area contributed by atoms with Gasteiger partial charge in [-0.15, -0.1) is 0 Å². The average molecular weight is 336 g/mol. The van der Waals surface area contributed by atoms with Gasteiger partial charge < -0.3 is 4.90 Å². The number of aryl methyl sites for hydroxylation is 1. The van der Waals surface area contributed by atoms with E-state index in [9.17, 15) is 13.2 Å². The minimum absolute atomic E-state index is 0.112. The lowest BCUT2D eigenvalue weighted by molar-refractivity contribution is -0.118. The zero-order chi connectivity index (χ0) is 16.6. The van der Waals surface area contributed by atoms with Crippen molar-refractivity contribution < 1.29 is 13.2 Å². The van der Waals surface area contributed by atoms with Gasteiger partial charge in [0, 0.05) is 31.7 Å². The molecule has 23 heavy (non-hydrogen) atoms. The van der Waals surface area contributed by atoms with E-state index in [1.165, 1.54) is 0 Å². The molecule has 0 saturated carbocycles. The van der Waals surface area contributed by atoms with Crippen LogP contribution < -0.4 is 4.90 Å². The highest BCUT2D eigenvalue weighted by Crippen LogP contribution is 2.31. The molecule has 6 heteroatoms. The van der Waals surface area contributed by atoms with Gasteiger partial charge in [0.25, 0.3) is 0 Å². The molecule has 0 aliphatic carbocycles. The van der Waals surface area contributed by atoms with Crippen LogP contribution in [-0.4, -0.2) is 38.3 Å². The minimum Gasteiger partial charge on any atom is -0.312 e. The Morgan fingerprint density at radius 2 is 2.04 bits per heavy atom. The van der Waals surface area contributed by atoms with Crippen molar-refractivity contribution in [2.45, 2.75) is 44.4 Å². The van der Waals surface area contributed by atoms with Crippen LogP contribution in [-0.2, 0) is 21.2 Å². The zero-order valence-corrected chi connectivity index (χ0v) is 14.6. The van der Waals surface area contributed by atoms with Crippen LogP contribution in [0.3, 0.4) is 0 Å². The zero-order valence-electron chi connectivity index (χ0n) is 13.8. The fraction of sp³-hybridized carbons (Fsp3) is 0.588. The maximum atomic E-state index is 12.9. The van der Waals surface area contributed by atoms with E-state index in [1.807, 2.05) is 6.92 Å². The Morgan fingerprint density at radius 3 is 2.74 bits per heavy atom. The third-order valence-electron chi connectivity index (χ3n) is 4.82. The summed E-state index contributed by atoms with van der Waals surface area (Å²) in [6.07, 6.45) is 3.07. The van der Waals surface area contributed by atoms with Crippen LogP contribution in [0.25, 0.3) is 0 Å². The largest absolute Gasteiger partial charge is 0.312 e. The van der Waals surface area contributed by atoms with E-state index in [-0.39, 0.29) is 5.91 Å². The summed E-state index contributed by atoms with van der Waals surface area (Å²) in [6.45, 7) is 5.84. The van der Waals surface area contributed by atoms with Gasteiger partial charge in [-0.3, -0.25) is 4.79 Å².